The van der Waals surface area contributed by atoms with E-state index in [-0.39, 0.29) is 5.92 Å². The van der Waals surface area contributed by atoms with Crippen LogP contribution >= 0.6 is 0 Å². The van der Waals surface area contributed by atoms with Crippen molar-refractivity contribution in [1.82, 2.24) is 10.2 Å². The van der Waals surface area contributed by atoms with Gasteiger partial charge in [-0.25, -0.2) is 0 Å². The number of amides is 1. The zero-order valence-electron chi connectivity index (χ0n) is 9.71. The summed E-state index contributed by atoms with van der Waals surface area (Å²) in [6.07, 6.45) is 3.08. The Labute approximate surface area is 96.3 Å². The van der Waals surface area contributed by atoms with Crippen LogP contribution in [0.15, 0.2) is 0 Å². The van der Waals surface area contributed by atoms with Crippen LogP contribution in [0.3, 0.4) is 0 Å². The van der Waals surface area contributed by atoms with Crippen LogP contribution in [0.2, 0.25) is 0 Å². The lowest BCUT2D eigenvalue weighted by molar-refractivity contribution is -0.149. The minimum atomic E-state index is 0.237. The lowest BCUT2D eigenvalue weighted by atomic mass is 9.78. The van der Waals surface area contributed by atoms with Crippen molar-refractivity contribution in [3.05, 3.63) is 0 Å². The molecule has 90 valence electrons. The van der Waals surface area contributed by atoms with E-state index in [0.29, 0.717) is 11.3 Å². The molecular formula is C12H20N2O2. The van der Waals surface area contributed by atoms with E-state index >= 15 is 0 Å². The second kappa shape index (κ2) is 4.00. The molecule has 0 aromatic heterocycles. The molecule has 3 saturated heterocycles. The maximum absolute atomic E-state index is 12.2. The third-order valence-corrected chi connectivity index (χ3v) is 4.27. The van der Waals surface area contributed by atoms with Gasteiger partial charge in [0.2, 0.25) is 5.91 Å². The summed E-state index contributed by atoms with van der Waals surface area (Å²) in [5.74, 6) is 0.612. The van der Waals surface area contributed by atoms with Crippen molar-refractivity contribution in [2.45, 2.75) is 19.3 Å². The predicted octanol–water partition coefficient (Wildman–Crippen LogP) is 0.235. The van der Waals surface area contributed by atoms with Gasteiger partial charge in [0.05, 0.1) is 0 Å². The van der Waals surface area contributed by atoms with Gasteiger partial charge in [-0.1, -0.05) is 0 Å². The summed E-state index contributed by atoms with van der Waals surface area (Å²) in [6, 6.07) is 0. The van der Waals surface area contributed by atoms with E-state index in [0.717, 1.165) is 52.2 Å². The molecule has 0 radical (unpaired) electrons. The highest BCUT2D eigenvalue weighted by Crippen LogP contribution is 2.37. The van der Waals surface area contributed by atoms with E-state index in [4.69, 9.17) is 4.74 Å². The summed E-state index contributed by atoms with van der Waals surface area (Å²) in [5.41, 5.74) is 0.431. The molecule has 0 bridgehead atoms. The minimum Gasteiger partial charge on any atom is -0.381 e. The molecule has 0 saturated carbocycles. The summed E-state index contributed by atoms with van der Waals surface area (Å²) in [5, 5.41) is 3.40. The second-order valence-corrected chi connectivity index (χ2v) is 5.51. The Morgan fingerprint density at radius 3 is 2.69 bits per heavy atom. The van der Waals surface area contributed by atoms with Crippen LogP contribution in [0.25, 0.3) is 0 Å². The highest BCUT2D eigenvalue weighted by molar-refractivity contribution is 5.80. The summed E-state index contributed by atoms with van der Waals surface area (Å²) in [4.78, 5) is 14.2. The Hall–Kier alpha value is -0.610. The van der Waals surface area contributed by atoms with Crippen molar-refractivity contribution in [3.8, 4) is 0 Å². The van der Waals surface area contributed by atoms with E-state index in [1.54, 1.807) is 0 Å². The van der Waals surface area contributed by atoms with E-state index in [9.17, 15) is 4.79 Å². The smallest absolute Gasteiger partial charge is 0.225 e. The van der Waals surface area contributed by atoms with E-state index in [1.165, 1.54) is 6.42 Å². The first-order valence-corrected chi connectivity index (χ1v) is 6.36. The molecule has 1 amide bonds. The first-order valence-electron chi connectivity index (χ1n) is 6.36. The van der Waals surface area contributed by atoms with Gasteiger partial charge < -0.3 is 15.0 Å². The third kappa shape index (κ3) is 1.74. The Morgan fingerprint density at radius 1 is 1.31 bits per heavy atom. The van der Waals surface area contributed by atoms with Crippen LogP contribution in [0.1, 0.15) is 19.3 Å². The molecule has 0 atom stereocenters. The van der Waals surface area contributed by atoms with Crippen molar-refractivity contribution < 1.29 is 9.53 Å². The molecule has 16 heavy (non-hydrogen) atoms. The Balaban J connectivity index is 1.53. The quantitative estimate of drug-likeness (QED) is 0.693. The lowest BCUT2D eigenvalue weighted by Gasteiger charge is -2.49. The van der Waals surface area contributed by atoms with E-state index in [1.807, 2.05) is 0 Å². The molecule has 0 aromatic rings. The fraction of sp³-hybridized carbons (Fsp3) is 0.917. The average molecular weight is 224 g/mol. The predicted molar refractivity (Wildman–Crippen MR) is 60.0 cm³/mol. The molecule has 3 aliphatic heterocycles. The zero-order valence-corrected chi connectivity index (χ0v) is 9.71. The number of carbonyl (C=O) groups excluding carboxylic acids is 1. The van der Waals surface area contributed by atoms with Crippen molar-refractivity contribution in [2.24, 2.45) is 11.3 Å². The van der Waals surface area contributed by atoms with Crippen LogP contribution in [-0.2, 0) is 9.53 Å². The molecule has 3 heterocycles. The molecule has 3 fully saturated rings. The lowest BCUT2D eigenvalue weighted by Crippen LogP contribution is -2.60. The van der Waals surface area contributed by atoms with Crippen LogP contribution in [0.4, 0.5) is 0 Å². The number of nitrogens with zero attached hydrogens (tertiary/aromatic N) is 1. The molecule has 1 N–H and O–H groups in total. The summed E-state index contributed by atoms with van der Waals surface area (Å²) in [6.45, 7) is 5.71. The maximum atomic E-state index is 12.2. The van der Waals surface area contributed by atoms with Crippen LogP contribution < -0.4 is 5.32 Å². The number of likely N-dealkylation sites (tertiary alicyclic amines) is 1. The van der Waals surface area contributed by atoms with Gasteiger partial charge in [-0.05, 0) is 25.8 Å². The minimum absolute atomic E-state index is 0.237. The molecule has 4 nitrogen and oxygen atoms in total. The van der Waals surface area contributed by atoms with Gasteiger partial charge in [0, 0.05) is 44.2 Å². The second-order valence-electron chi connectivity index (χ2n) is 5.51. The molecule has 0 aromatic carbocycles. The molecule has 3 rings (SSSR count). The van der Waals surface area contributed by atoms with Crippen LogP contribution in [0, 0.1) is 11.3 Å². The number of rotatable bonds is 1. The largest absolute Gasteiger partial charge is 0.381 e. The highest BCUT2D eigenvalue weighted by Gasteiger charge is 2.47. The van der Waals surface area contributed by atoms with Crippen molar-refractivity contribution in [3.63, 3.8) is 0 Å². The zero-order chi connectivity index (χ0) is 11.0. The Kier molecular flexibility index (Phi) is 2.64. The molecule has 4 heteroatoms. The molecule has 0 unspecified atom stereocenters. The number of ether oxygens (including phenoxy) is 1. The van der Waals surface area contributed by atoms with Crippen molar-refractivity contribution >= 4 is 5.91 Å². The standard InChI is InChI=1S/C12H20N2O2/c15-11(10-1-5-16-6-2-10)14-8-12(9-14)3-4-13-7-12/h10,13H,1-9H2. The van der Waals surface area contributed by atoms with Gasteiger partial charge in [0.15, 0.2) is 0 Å². The number of nitrogens with one attached hydrogen (secondary N) is 1. The van der Waals surface area contributed by atoms with Gasteiger partial charge in [0.1, 0.15) is 0 Å². The summed E-state index contributed by atoms with van der Waals surface area (Å²) < 4.78 is 5.29. The Bertz CT molecular complexity index is 273. The number of hydrogen-bond donors (Lipinski definition) is 1. The van der Waals surface area contributed by atoms with Gasteiger partial charge >= 0.3 is 0 Å². The first-order chi connectivity index (χ1) is 7.79. The van der Waals surface area contributed by atoms with Gasteiger partial charge in [-0.15, -0.1) is 0 Å². The van der Waals surface area contributed by atoms with E-state index in [2.05, 4.69) is 10.2 Å². The number of carbonyl (C=O) groups is 1. The van der Waals surface area contributed by atoms with Crippen LogP contribution in [0.5, 0.6) is 0 Å². The molecule has 0 aliphatic carbocycles. The van der Waals surface area contributed by atoms with E-state index < -0.39 is 0 Å². The summed E-state index contributed by atoms with van der Waals surface area (Å²) in [7, 11) is 0. The molecular weight excluding hydrogens is 204 g/mol. The Morgan fingerprint density at radius 2 is 2.06 bits per heavy atom. The molecule has 1 spiro atoms. The first kappa shape index (κ1) is 10.5. The van der Waals surface area contributed by atoms with Crippen molar-refractivity contribution in [2.75, 3.05) is 39.4 Å². The summed E-state index contributed by atoms with van der Waals surface area (Å²) >= 11 is 0. The fourth-order valence-corrected chi connectivity index (χ4v) is 3.19. The maximum Gasteiger partial charge on any atom is 0.225 e. The third-order valence-electron chi connectivity index (χ3n) is 4.27. The average Bonchev–Trinajstić information content (AvgIpc) is 2.76. The molecule has 3 aliphatic rings. The number of hydrogen-bond acceptors (Lipinski definition) is 3. The highest BCUT2D eigenvalue weighted by atomic mass is 16.5. The van der Waals surface area contributed by atoms with Crippen molar-refractivity contribution in [1.29, 1.82) is 0 Å². The topological polar surface area (TPSA) is 41.6 Å². The van der Waals surface area contributed by atoms with Crippen LogP contribution in [-0.4, -0.2) is 50.2 Å². The van der Waals surface area contributed by atoms with Gasteiger partial charge in [0.25, 0.3) is 0 Å². The fourth-order valence-electron chi connectivity index (χ4n) is 3.19. The SMILES string of the molecule is O=C(C1CCOCC1)N1CC2(CCNC2)C1. The normalized spacial score (nSPS) is 29.4. The van der Waals surface area contributed by atoms with Gasteiger partial charge in [-0.3, -0.25) is 4.79 Å². The van der Waals surface area contributed by atoms with Gasteiger partial charge in [-0.2, -0.15) is 0 Å². The monoisotopic (exact) mass is 224 g/mol.